The van der Waals surface area contributed by atoms with E-state index in [9.17, 15) is 4.79 Å². The van der Waals surface area contributed by atoms with Crippen molar-refractivity contribution < 1.29 is 14.6 Å². The van der Waals surface area contributed by atoms with Crippen LogP contribution in [0.25, 0.3) is 0 Å². The van der Waals surface area contributed by atoms with Crippen LogP contribution >= 0.6 is 0 Å². The zero-order valence-corrected chi connectivity index (χ0v) is 8.95. The summed E-state index contributed by atoms with van der Waals surface area (Å²) >= 11 is 0. The average Bonchev–Trinajstić information content (AvgIpc) is 2.17. The summed E-state index contributed by atoms with van der Waals surface area (Å²) in [7, 11) is 0. The molecule has 0 aromatic rings. The smallest absolute Gasteiger partial charge is 0.308 e. The Morgan fingerprint density at radius 1 is 1.27 bits per heavy atom. The molecule has 2 atom stereocenters. The van der Waals surface area contributed by atoms with Gasteiger partial charge in [0.05, 0.1) is 5.92 Å². The number of carbonyl (C=O) groups is 1. The van der Waals surface area contributed by atoms with Crippen molar-refractivity contribution in [1.29, 1.82) is 0 Å². The van der Waals surface area contributed by atoms with Crippen LogP contribution in [0, 0.1) is 11.8 Å². The quantitative estimate of drug-likeness (QED) is 0.727. The van der Waals surface area contributed by atoms with Gasteiger partial charge >= 0.3 is 5.97 Å². The molecule has 0 bridgehead atoms. The van der Waals surface area contributed by atoms with Crippen molar-refractivity contribution in [2.24, 2.45) is 11.8 Å². The van der Waals surface area contributed by atoms with E-state index in [1.165, 1.54) is 0 Å². The summed E-state index contributed by atoms with van der Waals surface area (Å²) in [6.07, 6.45) is 4.07. The van der Waals surface area contributed by atoms with Crippen LogP contribution in [0.5, 0.6) is 0 Å². The van der Waals surface area contributed by atoms with E-state index in [2.05, 4.69) is 5.32 Å². The van der Waals surface area contributed by atoms with Gasteiger partial charge < -0.3 is 15.2 Å². The summed E-state index contributed by atoms with van der Waals surface area (Å²) in [6, 6.07) is 0.213. The zero-order chi connectivity index (χ0) is 10.7. The molecule has 86 valence electrons. The number of hydrogen-bond acceptors (Lipinski definition) is 3. The van der Waals surface area contributed by atoms with Crippen molar-refractivity contribution in [3.63, 3.8) is 0 Å². The molecular formula is C11H19NO3. The lowest BCUT2D eigenvalue weighted by Gasteiger charge is -2.35. The third-order valence-corrected chi connectivity index (χ3v) is 3.60. The SMILES string of the molecule is O=C(O)C1CCC1NCC1CCOCC1. The Morgan fingerprint density at radius 2 is 2.00 bits per heavy atom. The highest BCUT2D eigenvalue weighted by atomic mass is 16.5. The zero-order valence-electron chi connectivity index (χ0n) is 8.95. The van der Waals surface area contributed by atoms with Gasteiger partial charge in [0.2, 0.25) is 0 Å². The first-order chi connectivity index (χ1) is 7.27. The molecule has 1 saturated carbocycles. The Morgan fingerprint density at radius 3 is 2.53 bits per heavy atom. The highest BCUT2D eigenvalue weighted by Gasteiger charge is 2.36. The summed E-state index contributed by atoms with van der Waals surface area (Å²) in [5.74, 6) is -0.121. The minimum atomic E-state index is -0.647. The number of ether oxygens (including phenoxy) is 1. The first kappa shape index (κ1) is 10.9. The van der Waals surface area contributed by atoms with E-state index in [0.717, 1.165) is 45.4 Å². The molecule has 1 aliphatic carbocycles. The van der Waals surface area contributed by atoms with Crippen molar-refractivity contribution in [2.75, 3.05) is 19.8 Å². The Kier molecular flexibility index (Phi) is 3.59. The highest BCUT2D eigenvalue weighted by molar-refractivity contribution is 5.72. The van der Waals surface area contributed by atoms with Gasteiger partial charge in [0, 0.05) is 19.3 Å². The fraction of sp³-hybridized carbons (Fsp3) is 0.909. The van der Waals surface area contributed by atoms with Crippen molar-refractivity contribution >= 4 is 5.97 Å². The second-order valence-corrected chi connectivity index (χ2v) is 4.59. The standard InChI is InChI=1S/C11H19NO3/c13-11(14)9-1-2-10(9)12-7-8-3-5-15-6-4-8/h8-10,12H,1-7H2,(H,13,14). The van der Waals surface area contributed by atoms with E-state index in [-0.39, 0.29) is 12.0 Å². The molecule has 2 fully saturated rings. The molecule has 4 heteroatoms. The molecule has 2 unspecified atom stereocenters. The Balaban J connectivity index is 1.67. The lowest BCUT2D eigenvalue weighted by molar-refractivity contribution is -0.146. The molecule has 0 aromatic carbocycles. The molecule has 2 N–H and O–H groups in total. The van der Waals surface area contributed by atoms with Gasteiger partial charge in [-0.3, -0.25) is 4.79 Å². The summed E-state index contributed by atoms with van der Waals surface area (Å²) in [6.45, 7) is 2.68. The van der Waals surface area contributed by atoms with Gasteiger partial charge in [0.25, 0.3) is 0 Å². The summed E-state index contributed by atoms with van der Waals surface area (Å²) in [5.41, 5.74) is 0. The topological polar surface area (TPSA) is 58.6 Å². The molecule has 2 rings (SSSR count). The van der Waals surface area contributed by atoms with Gasteiger partial charge in [-0.25, -0.2) is 0 Å². The Labute approximate surface area is 90.0 Å². The number of hydrogen-bond donors (Lipinski definition) is 2. The number of rotatable bonds is 4. The first-order valence-corrected chi connectivity index (χ1v) is 5.81. The van der Waals surface area contributed by atoms with Crippen LogP contribution in [0.3, 0.4) is 0 Å². The predicted molar refractivity (Wildman–Crippen MR) is 55.7 cm³/mol. The predicted octanol–water partition coefficient (Wildman–Crippen LogP) is 0.866. The van der Waals surface area contributed by atoms with Gasteiger partial charge in [0.15, 0.2) is 0 Å². The van der Waals surface area contributed by atoms with Gasteiger partial charge in [-0.15, -0.1) is 0 Å². The first-order valence-electron chi connectivity index (χ1n) is 5.81. The maximum Gasteiger partial charge on any atom is 0.308 e. The lowest BCUT2D eigenvalue weighted by Crippen LogP contribution is -2.49. The number of aliphatic carboxylic acids is 1. The molecule has 2 aliphatic rings. The third kappa shape index (κ3) is 2.69. The average molecular weight is 213 g/mol. The molecule has 0 radical (unpaired) electrons. The summed E-state index contributed by atoms with van der Waals surface area (Å²) in [5, 5.41) is 12.3. The van der Waals surface area contributed by atoms with Gasteiger partial charge in [0.1, 0.15) is 0 Å². The molecule has 1 saturated heterocycles. The van der Waals surface area contributed by atoms with Gasteiger partial charge in [-0.2, -0.15) is 0 Å². The van der Waals surface area contributed by atoms with Crippen molar-refractivity contribution in [2.45, 2.75) is 31.7 Å². The third-order valence-electron chi connectivity index (χ3n) is 3.60. The molecular weight excluding hydrogens is 194 g/mol. The molecule has 15 heavy (non-hydrogen) atoms. The lowest BCUT2D eigenvalue weighted by atomic mass is 9.79. The van der Waals surface area contributed by atoms with E-state index >= 15 is 0 Å². The minimum Gasteiger partial charge on any atom is -0.481 e. The molecule has 1 heterocycles. The number of nitrogens with one attached hydrogen (secondary N) is 1. The van der Waals surface area contributed by atoms with Crippen LogP contribution in [-0.2, 0) is 9.53 Å². The van der Waals surface area contributed by atoms with Crippen LogP contribution in [0.1, 0.15) is 25.7 Å². The van der Waals surface area contributed by atoms with Gasteiger partial charge in [-0.05, 0) is 38.1 Å². The molecule has 0 aromatic heterocycles. The van der Waals surface area contributed by atoms with E-state index < -0.39 is 5.97 Å². The Bertz CT molecular complexity index is 226. The molecule has 0 amide bonds. The van der Waals surface area contributed by atoms with Crippen molar-refractivity contribution in [1.82, 2.24) is 5.32 Å². The van der Waals surface area contributed by atoms with Gasteiger partial charge in [-0.1, -0.05) is 0 Å². The van der Waals surface area contributed by atoms with Crippen LogP contribution in [0.15, 0.2) is 0 Å². The number of carboxylic acid groups (broad SMARTS) is 1. The normalized spacial score (nSPS) is 32.3. The minimum absolute atomic E-state index is 0.148. The fourth-order valence-corrected chi connectivity index (χ4v) is 2.31. The number of carboxylic acids is 1. The van der Waals surface area contributed by atoms with Crippen LogP contribution in [-0.4, -0.2) is 36.9 Å². The molecule has 0 spiro atoms. The Hall–Kier alpha value is -0.610. The summed E-state index contributed by atoms with van der Waals surface area (Å²) < 4.78 is 5.28. The maximum absolute atomic E-state index is 10.8. The second-order valence-electron chi connectivity index (χ2n) is 4.59. The fourth-order valence-electron chi connectivity index (χ4n) is 2.31. The van der Waals surface area contributed by atoms with E-state index in [0.29, 0.717) is 5.92 Å². The van der Waals surface area contributed by atoms with Crippen LogP contribution in [0.2, 0.25) is 0 Å². The largest absolute Gasteiger partial charge is 0.481 e. The van der Waals surface area contributed by atoms with Crippen LogP contribution in [0.4, 0.5) is 0 Å². The van der Waals surface area contributed by atoms with Crippen molar-refractivity contribution in [3.8, 4) is 0 Å². The molecule has 4 nitrogen and oxygen atoms in total. The van der Waals surface area contributed by atoms with E-state index in [4.69, 9.17) is 9.84 Å². The van der Waals surface area contributed by atoms with E-state index in [1.54, 1.807) is 0 Å². The van der Waals surface area contributed by atoms with E-state index in [1.807, 2.05) is 0 Å². The molecule has 1 aliphatic heterocycles. The van der Waals surface area contributed by atoms with Crippen molar-refractivity contribution in [3.05, 3.63) is 0 Å². The highest BCUT2D eigenvalue weighted by Crippen LogP contribution is 2.28. The maximum atomic E-state index is 10.8. The van der Waals surface area contributed by atoms with Crippen LogP contribution < -0.4 is 5.32 Å². The summed E-state index contributed by atoms with van der Waals surface area (Å²) in [4.78, 5) is 10.8. The second kappa shape index (κ2) is 4.94. The monoisotopic (exact) mass is 213 g/mol.